The molecule has 0 aliphatic rings. The highest BCUT2D eigenvalue weighted by atomic mass is 35.5. The van der Waals surface area contributed by atoms with Gasteiger partial charge in [-0.25, -0.2) is 0 Å². The average Bonchev–Trinajstić information content (AvgIpc) is 2.48. The molecule has 0 radical (unpaired) electrons. The number of halogens is 6. The lowest BCUT2D eigenvalue weighted by Crippen LogP contribution is -2.45. The number of thiophene rings is 1. The molecule has 1 atom stereocenters. The first-order valence-electron chi connectivity index (χ1n) is 3.61. The molecule has 8 heteroatoms. The van der Waals surface area contributed by atoms with Gasteiger partial charge in [0.1, 0.15) is 6.04 Å². The lowest BCUT2D eigenvalue weighted by molar-refractivity contribution is -0.290. The van der Waals surface area contributed by atoms with E-state index >= 15 is 0 Å². The monoisotopic (exact) mass is 265 g/mol. The van der Waals surface area contributed by atoms with Gasteiger partial charge in [0.05, 0.1) is 4.34 Å². The average molecular weight is 266 g/mol. The minimum absolute atomic E-state index is 0.110. The van der Waals surface area contributed by atoms with Crippen LogP contribution in [0, 0.1) is 0 Å². The largest absolute Gasteiger partial charge is 0.455 e. The van der Waals surface area contributed by atoms with E-state index in [0.29, 0.717) is 11.3 Å². The van der Waals surface area contributed by atoms with Gasteiger partial charge in [-0.15, -0.1) is 11.3 Å². The molecule has 0 bridgehead atoms. The fraction of sp³-hybridized carbons (Fsp3) is 0.429. The summed E-state index contributed by atoms with van der Waals surface area (Å²) in [7, 11) is 0. The summed E-state index contributed by atoms with van der Waals surface area (Å²) in [5.41, 5.74) is 4.85. The quantitative estimate of drug-likeness (QED) is 0.813. The molecular formula is C7H5ClF5NS. The van der Waals surface area contributed by atoms with Crippen molar-refractivity contribution in [3.63, 3.8) is 0 Å². The van der Waals surface area contributed by atoms with Crippen LogP contribution in [0.5, 0.6) is 0 Å². The van der Waals surface area contributed by atoms with Crippen molar-refractivity contribution in [2.24, 2.45) is 5.73 Å². The van der Waals surface area contributed by atoms with Gasteiger partial charge >= 0.3 is 12.1 Å². The number of rotatable bonds is 2. The zero-order valence-electron chi connectivity index (χ0n) is 6.99. The van der Waals surface area contributed by atoms with Crippen molar-refractivity contribution >= 4 is 22.9 Å². The van der Waals surface area contributed by atoms with Gasteiger partial charge in [-0.2, -0.15) is 22.0 Å². The molecule has 1 heterocycles. The fourth-order valence-electron chi connectivity index (χ4n) is 0.850. The highest BCUT2D eigenvalue weighted by Gasteiger charge is 2.62. The lowest BCUT2D eigenvalue weighted by Gasteiger charge is -2.24. The van der Waals surface area contributed by atoms with E-state index in [0.717, 1.165) is 6.07 Å². The predicted octanol–water partition coefficient (Wildman–Crippen LogP) is 3.60. The van der Waals surface area contributed by atoms with E-state index in [1.165, 1.54) is 6.07 Å². The summed E-state index contributed by atoms with van der Waals surface area (Å²) >= 11 is 6.00. The Labute approximate surface area is 90.6 Å². The SMILES string of the molecule is N[C@H](c1ccc(Cl)s1)C(F)(F)C(F)(F)F. The van der Waals surface area contributed by atoms with Crippen molar-refractivity contribution in [2.75, 3.05) is 0 Å². The van der Waals surface area contributed by atoms with Gasteiger partial charge < -0.3 is 5.73 Å². The van der Waals surface area contributed by atoms with Crippen LogP contribution in [-0.4, -0.2) is 12.1 Å². The number of hydrogen-bond acceptors (Lipinski definition) is 2. The Morgan fingerprint density at radius 3 is 2.07 bits per heavy atom. The zero-order chi connectivity index (χ0) is 11.9. The van der Waals surface area contributed by atoms with Crippen LogP contribution in [-0.2, 0) is 0 Å². The molecule has 0 saturated heterocycles. The molecule has 1 aromatic heterocycles. The van der Waals surface area contributed by atoms with Crippen molar-refractivity contribution in [1.29, 1.82) is 0 Å². The minimum Gasteiger partial charge on any atom is -0.318 e. The van der Waals surface area contributed by atoms with Crippen LogP contribution in [0.15, 0.2) is 12.1 Å². The first-order chi connectivity index (χ1) is 6.66. The molecule has 2 N–H and O–H groups in total. The Morgan fingerprint density at radius 1 is 1.20 bits per heavy atom. The highest BCUT2D eigenvalue weighted by Crippen LogP contribution is 2.44. The van der Waals surface area contributed by atoms with Crippen LogP contribution in [0.25, 0.3) is 0 Å². The van der Waals surface area contributed by atoms with E-state index in [1.54, 1.807) is 0 Å². The Hall–Kier alpha value is -0.400. The molecule has 0 aliphatic heterocycles. The van der Waals surface area contributed by atoms with Crippen molar-refractivity contribution < 1.29 is 22.0 Å². The number of hydrogen-bond donors (Lipinski definition) is 1. The molecule has 0 aliphatic carbocycles. The fourth-order valence-corrected chi connectivity index (χ4v) is 1.95. The molecular weight excluding hydrogens is 261 g/mol. The molecule has 0 unspecified atom stereocenters. The van der Waals surface area contributed by atoms with Gasteiger partial charge in [-0.3, -0.25) is 0 Å². The van der Waals surface area contributed by atoms with Gasteiger partial charge in [0, 0.05) is 4.88 Å². The molecule has 1 rings (SSSR count). The second-order valence-corrected chi connectivity index (χ2v) is 4.49. The highest BCUT2D eigenvalue weighted by molar-refractivity contribution is 7.16. The van der Waals surface area contributed by atoms with Gasteiger partial charge in [0.2, 0.25) is 0 Å². The summed E-state index contributed by atoms with van der Waals surface area (Å²) < 4.78 is 61.3. The summed E-state index contributed by atoms with van der Waals surface area (Å²) in [5, 5.41) is 0. The molecule has 86 valence electrons. The molecule has 1 nitrogen and oxygen atoms in total. The first-order valence-corrected chi connectivity index (χ1v) is 4.81. The Morgan fingerprint density at radius 2 is 1.73 bits per heavy atom. The molecule has 1 aromatic rings. The van der Waals surface area contributed by atoms with Crippen LogP contribution in [0.3, 0.4) is 0 Å². The smallest absolute Gasteiger partial charge is 0.318 e. The van der Waals surface area contributed by atoms with Crippen LogP contribution in [0.1, 0.15) is 10.9 Å². The van der Waals surface area contributed by atoms with Gasteiger partial charge in [-0.1, -0.05) is 11.6 Å². The van der Waals surface area contributed by atoms with E-state index in [2.05, 4.69) is 0 Å². The predicted molar refractivity (Wildman–Crippen MR) is 47.3 cm³/mol. The van der Waals surface area contributed by atoms with Crippen molar-refractivity contribution in [1.82, 2.24) is 0 Å². The van der Waals surface area contributed by atoms with Gasteiger partial charge in [0.25, 0.3) is 0 Å². The first kappa shape index (κ1) is 12.7. The van der Waals surface area contributed by atoms with E-state index in [-0.39, 0.29) is 9.21 Å². The standard InChI is InChI=1S/C7H5ClF5NS/c8-4-2-1-3(15-4)5(14)6(9,10)7(11,12)13/h1-2,5H,14H2/t5-/m1/s1. The van der Waals surface area contributed by atoms with E-state index in [1.807, 2.05) is 0 Å². The summed E-state index contributed by atoms with van der Waals surface area (Å²) in [6, 6.07) is -0.152. The van der Waals surface area contributed by atoms with Crippen LogP contribution in [0.4, 0.5) is 22.0 Å². The molecule has 0 saturated carbocycles. The zero-order valence-corrected chi connectivity index (χ0v) is 8.56. The van der Waals surface area contributed by atoms with Gasteiger partial charge in [0.15, 0.2) is 0 Å². The Balaban J connectivity index is 2.99. The maximum atomic E-state index is 12.7. The molecule has 0 aromatic carbocycles. The second-order valence-electron chi connectivity index (χ2n) is 2.74. The molecule has 0 spiro atoms. The third-order valence-electron chi connectivity index (χ3n) is 1.67. The topological polar surface area (TPSA) is 26.0 Å². The van der Waals surface area contributed by atoms with Crippen molar-refractivity contribution in [3.8, 4) is 0 Å². The second kappa shape index (κ2) is 3.88. The maximum Gasteiger partial charge on any atom is 0.455 e. The summed E-state index contributed by atoms with van der Waals surface area (Å²) in [5.74, 6) is -4.96. The van der Waals surface area contributed by atoms with E-state index < -0.39 is 18.1 Å². The summed E-state index contributed by atoms with van der Waals surface area (Å²) in [4.78, 5) is -0.303. The third kappa shape index (κ3) is 2.40. The third-order valence-corrected chi connectivity index (χ3v) is 2.98. The molecule has 15 heavy (non-hydrogen) atoms. The maximum absolute atomic E-state index is 12.7. The van der Waals surface area contributed by atoms with E-state index in [4.69, 9.17) is 17.3 Å². The lowest BCUT2D eigenvalue weighted by atomic mass is 10.1. The summed E-state index contributed by atoms with van der Waals surface area (Å²) in [6.07, 6.45) is -5.66. The minimum atomic E-state index is -5.66. The van der Waals surface area contributed by atoms with E-state index in [9.17, 15) is 22.0 Å². The number of alkyl halides is 5. The Bertz CT molecular complexity index is 347. The van der Waals surface area contributed by atoms with Crippen LogP contribution < -0.4 is 5.73 Å². The Kier molecular flexibility index (Phi) is 3.27. The number of nitrogens with two attached hydrogens (primary N) is 1. The molecule has 0 fully saturated rings. The van der Waals surface area contributed by atoms with Crippen LogP contribution >= 0.6 is 22.9 Å². The van der Waals surface area contributed by atoms with Crippen LogP contribution in [0.2, 0.25) is 4.34 Å². The van der Waals surface area contributed by atoms with Crippen molar-refractivity contribution in [2.45, 2.75) is 18.1 Å². The van der Waals surface area contributed by atoms with Gasteiger partial charge in [-0.05, 0) is 12.1 Å². The van der Waals surface area contributed by atoms with Crippen molar-refractivity contribution in [3.05, 3.63) is 21.3 Å². The summed E-state index contributed by atoms with van der Waals surface area (Å²) in [6.45, 7) is 0. The normalized spacial score (nSPS) is 15.4. The molecule has 0 amide bonds.